The number of hydrogen-bond acceptors (Lipinski definition) is 4. The fraction of sp³-hybridized carbons (Fsp3) is 0.333. The number of nitrogens with zero attached hydrogens (tertiary/aromatic N) is 2. The Hall–Kier alpha value is -2.14. The summed E-state index contributed by atoms with van der Waals surface area (Å²) in [6.45, 7) is 1.13. The molecule has 0 spiro atoms. The molecule has 0 saturated heterocycles. The molecule has 1 atom stereocenters. The highest BCUT2D eigenvalue weighted by atomic mass is 16.5. The van der Waals surface area contributed by atoms with Crippen LogP contribution in [-0.4, -0.2) is 23.4 Å². The maximum atomic E-state index is 12.0. The summed E-state index contributed by atoms with van der Waals surface area (Å²) in [5.41, 5.74) is 3.05. The van der Waals surface area contributed by atoms with Gasteiger partial charge in [-0.1, -0.05) is 24.3 Å². The average molecular weight is 271 g/mol. The van der Waals surface area contributed by atoms with E-state index in [0.717, 1.165) is 17.7 Å². The number of anilines is 1. The van der Waals surface area contributed by atoms with E-state index in [4.69, 9.17) is 4.74 Å². The number of hydrogen-bond donors (Lipinski definition) is 1. The number of fused-ring (bicyclic) bond motifs is 1. The standard InChI is InChI=1S/C15H17N3O2/c1-16-12-8-15(19)18(17-9-12)10-14-13-5-3-2-4-11(13)6-7-20-14/h2-5,8-9,14,16H,6-7,10H2,1H3. The van der Waals surface area contributed by atoms with E-state index < -0.39 is 0 Å². The van der Waals surface area contributed by atoms with Crippen molar-refractivity contribution in [3.05, 3.63) is 58.0 Å². The van der Waals surface area contributed by atoms with Crippen LogP contribution in [0.15, 0.2) is 41.3 Å². The van der Waals surface area contributed by atoms with Gasteiger partial charge in [0.25, 0.3) is 5.56 Å². The number of nitrogens with one attached hydrogen (secondary N) is 1. The zero-order chi connectivity index (χ0) is 13.9. The van der Waals surface area contributed by atoms with E-state index in [0.29, 0.717) is 13.2 Å². The van der Waals surface area contributed by atoms with Crippen molar-refractivity contribution in [1.29, 1.82) is 0 Å². The van der Waals surface area contributed by atoms with Crippen molar-refractivity contribution >= 4 is 5.69 Å². The van der Waals surface area contributed by atoms with Gasteiger partial charge >= 0.3 is 0 Å². The van der Waals surface area contributed by atoms with Crippen molar-refractivity contribution < 1.29 is 4.74 Å². The fourth-order valence-corrected chi connectivity index (χ4v) is 2.49. The van der Waals surface area contributed by atoms with Gasteiger partial charge in [-0.2, -0.15) is 5.10 Å². The van der Waals surface area contributed by atoms with Crippen LogP contribution in [0.1, 0.15) is 17.2 Å². The zero-order valence-corrected chi connectivity index (χ0v) is 11.4. The van der Waals surface area contributed by atoms with Gasteiger partial charge in [0, 0.05) is 13.1 Å². The molecule has 5 heteroatoms. The first-order valence-corrected chi connectivity index (χ1v) is 6.72. The van der Waals surface area contributed by atoms with Crippen LogP contribution in [0.2, 0.25) is 0 Å². The third kappa shape index (κ3) is 2.44. The zero-order valence-electron chi connectivity index (χ0n) is 11.4. The molecule has 20 heavy (non-hydrogen) atoms. The van der Waals surface area contributed by atoms with Gasteiger partial charge in [0.2, 0.25) is 0 Å². The van der Waals surface area contributed by atoms with Gasteiger partial charge in [-0.3, -0.25) is 4.79 Å². The van der Waals surface area contributed by atoms with E-state index in [1.165, 1.54) is 10.2 Å². The summed E-state index contributed by atoms with van der Waals surface area (Å²) in [7, 11) is 1.77. The Kier molecular flexibility index (Phi) is 3.52. The normalized spacial score (nSPS) is 17.6. The molecule has 1 aliphatic rings. The second-order valence-electron chi connectivity index (χ2n) is 4.82. The second kappa shape index (κ2) is 5.46. The lowest BCUT2D eigenvalue weighted by Crippen LogP contribution is -2.28. The molecule has 2 heterocycles. The van der Waals surface area contributed by atoms with Crippen LogP contribution in [0.3, 0.4) is 0 Å². The van der Waals surface area contributed by atoms with Crippen molar-refractivity contribution in [2.75, 3.05) is 19.0 Å². The first kappa shape index (κ1) is 12.9. The highest BCUT2D eigenvalue weighted by molar-refractivity contribution is 5.37. The van der Waals surface area contributed by atoms with Crippen molar-refractivity contribution in [1.82, 2.24) is 9.78 Å². The van der Waals surface area contributed by atoms with Crippen LogP contribution in [0.25, 0.3) is 0 Å². The summed E-state index contributed by atoms with van der Waals surface area (Å²) in [6, 6.07) is 9.76. The number of aromatic nitrogens is 2. The first-order chi connectivity index (χ1) is 9.78. The molecule has 0 aliphatic carbocycles. The third-order valence-corrected chi connectivity index (χ3v) is 3.59. The predicted octanol–water partition coefficient (Wildman–Crippen LogP) is 1.60. The summed E-state index contributed by atoms with van der Waals surface area (Å²) in [4.78, 5) is 12.0. The van der Waals surface area contributed by atoms with Crippen LogP contribution >= 0.6 is 0 Å². The lowest BCUT2D eigenvalue weighted by atomic mass is 9.98. The van der Waals surface area contributed by atoms with Crippen molar-refractivity contribution in [2.45, 2.75) is 19.1 Å². The molecule has 5 nitrogen and oxygen atoms in total. The van der Waals surface area contributed by atoms with Crippen molar-refractivity contribution in [2.24, 2.45) is 0 Å². The molecule has 3 rings (SSSR count). The van der Waals surface area contributed by atoms with E-state index in [-0.39, 0.29) is 11.7 Å². The molecule has 1 aromatic heterocycles. The molecule has 0 radical (unpaired) electrons. The smallest absolute Gasteiger partial charge is 0.268 e. The average Bonchev–Trinajstić information content (AvgIpc) is 2.49. The summed E-state index contributed by atoms with van der Waals surface area (Å²) >= 11 is 0. The quantitative estimate of drug-likeness (QED) is 0.921. The van der Waals surface area contributed by atoms with Crippen LogP contribution < -0.4 is 10.9 Å². The van der Waals surface area contributed by atoms with Gasteiger partial charge in [0.15, 0.2) is 0 Å². The summed E-state index contributed by atoms with van der Waals surface area (Å²) in [5.74, 6) is 0. The lowest BCUT2D eigenvalue weighted by molar-refractivity contribution is 0.0273. The molecule has 1 N–H and O–H groups in total. The van der Waals surface area contributed by atoms with Crippen molar-refractivity contribution in [3.8, 4) is 0 Å². The molecule has 0 saturated carbocycles. The molecule has 104 valence electrons. The molecule has 1 aromatic carbocycles. The molecule has 2 aromatic rings. The van der Waals surface area contributed by atoms with Crippen LogP contribution in [-0.2, 0) is 17.7 Å². The van der Waals surface area contributed by atoms with Gasteiger partial charge in [-0.25, -0.2) is 4.68 Å². The van der Waals surface area contributed by atoms with Gasteiger partial charge < -0.3 is 10.1 Å². The number of rotatable bonds is 3. The van der Waals surface area contributed by atoms with E-state index in [1.54, 1.807) is 19.3 Å². The van der Waals surface area contributed by atoms with Crippen LogP contribution in [0.5, 0.6) is 0 Å². The summed E-state index contributed by atoms with van der Waals surface area (Å²) in [5, 5.41) is 7.08. The van der Waals surface area contributed by atoms with Crippen LogP contribution in [0.4, 0.5) is 5.69 Å². The second-order valence-corrected chi connectivity index (χ2v) is 4.82. The number of ether oxygens (including phenoxy) is 1. The predicted molar refractivity (Wildman–Crippen MR) is 76.9 cm³/mol. The Bertz CT molecular complexity index is 666. The SMILES string of the molecule is CNc1cnn(CC2OCCc3ccccc32)c(=O)c1. The van der Waals surface area contributed by atoms with Crippen molar-refractivity contribution in [3.63, 3.8) is 0 Å². The highest BCUT2D eigenvalue weighted by Gasteiger charge is 2.21. The first-order valence-electron chi connectivity index (χ1n) is 6.72. The minimum absolute atomic E-state index is 0.106. The summed E-state index contributed by atoms with van der Waals surface area (Å²) in [6.07, 6.45) is 2.47. The molecular formula is C15H17N3O2. The Morgan fingerprint density at radius 2 is 2.30 bits per heavy atom. The molecule has 0 amide bonds. The minimum Gasteiger partial charge on any atom is -0.387 e. The Morgan fingerprint density at radius 3 is 3.10 bits per heavy atom. The minimum atomic E-state index is -0.122. The fourth-order valence-electron chi connectivity index (χ4n) is 2.49. The summed E-state index contributed by atoms with van der Waals surface area (Å²) < 4.78 is 7.26. The Morgan fingerprint density at radius 1 is 1.45 bits per heavy atom. The Balaban J connectivity index is 1.88. The highest BCUT2D eigenvalue weighted by Crippen LogP contribution is 2.27. The van der Waals surface area contributed by atoms with Gasteiger partial charge in [-0.05, 0) is 17.5 Å². The van der Waals surface area contributed by atoms with Gasteiger partial charge in [-0.15, -0.1) is 0 Å². The van der Waals surface area contributed by atoms with Gasteiger partial charge in [0.1, 0.15) is 6.10 Å². The lowest BCUT2D eigenvalue weighted by Gasteiger charge is -2.26. The molecule has 1 aliphatic heterocycles. The Labute approximate surface area is 117 Å². The molecule has 0 fully saturated rings. The maximum absolute atomic E-state index is 12.0. The van der Waals surface area contributed by atoms with E-state index >= 15 is 0 Å². The van der Waals surface area contributed by atoms with E-state index in [1.807, 2.05) is 12.1 Å². The van der Waals surface area contributed by atoms with E-state index in [9.17, 15) is 4.79 Å². The topological polar surface area (TPSA) is 56.1 Å². The molecular weight excluding hydrogens is 254 g/mol. The number of benzene rings is 1. The van der Waals surface area contributed by atoms with Crippen LogP contribution in [0, 0.1) is 0 Å². The monoisotopic (exact) mass is 271 g/mol. The largest absolute Gasteiger partial charge is 0.387 e. The van der Waals surface area contributed by atoms with Gasteiger partial charge in [0.05, 0.1) is 25.0 Å². The van der Waals surface area contributed by atoms with E-state index in [2.05, 4.69) is 22.5 Å². The molecule has 0 bridgehead atoms. The molecule has 1 unspecified atom stereocenters. The maximum Gasteiger partial charge on any atom is 0.268 e. The third-order valence-electron chi connectivity index (χ3n) is 3.59.